The molecular formula is C13H20BrNO2. The van der Waals surface area contributed by atoms with Gasteiger partial charge in [-0.05, 0) is 36.2 Å². The molecule has 96 valence electrons. The van der Waals surface area contributed by atoms with E-state index in [9.17, 15) is 5.11 Å². The lowest BCUT2D eigenvalue weighted by Gasteiger charge is -2.26. The van der Waals surface area contributed by atoms with Crippen LogP contribution in [0.15, 0.2) is 22.7 Å². The van der Waals surface area contributed by atoms with Crippen molar-refractivity contribution in [1.82, 2.24) is 0 Å². The van der Waals surface area contributed by atoms with Crippen molar-refractivity contribution in [1.29, 1.82) is 0 Å². The normalized spacial score (nSPS) is 14.8. The van der Waals surface area contributed by atoms with Gasteiger partial charge in [-0.1, -0.05) is 29.8 Å². The first-order valence-electron chi connectivity index (χ1n) is 5.72. The van der Waals surface area contributed by atoms with Crippen molar-refractivity contribution < 1.29 is 9.84 Å². The third kappa shape index (κ3) is 3.44. The lowest BCUT2D eigenvalue weighted by atomic mass is 9.86. The number of hydrogen-bond donors (Lipinski definition) is 2. The molecule has 0 heterocycles. The van der Waals surface area contributed by atoms with Crippen LogP contribution in [0.2, 0.25) is 0 Å². The molecular weight excluding hydrogens is 282 g/mol. The zero-order chi connectivity index (χ0) is 13.0. The highest BCUT2D eigenvalue weighted by atomic mass is 79.9. The van der Waals surface area contributed by atoms with Gasteiger partial charge in [0.2, 0.25) is 0 Å². The van der Waals surface area contributed by atoms with E-state index < -0.39 is 6.10 Å². The molecule has 2 unspecified atom stereocenters. The summed E-state index contributed by atoms with van der Waals surface area (Å²) < 4.78 is 6.05. The van der Waals surface area contributed by atoms with Crippen molar-refractivity contribution in [3.63, 3.8) is 0 Å². The molecule has 0 saturated heterocycles. The third-order valence-electron chi connectivity index (χ3n) is 3.06. The second-order valence-electron chi connectivity index (χ2n) is 4.48. The van der Waals surface area contributed by atoms with Gasteiger partial charge < -0.3 is 15.6 Å². The first kappa shape index (κ1) is 14.5. The Morgan fingerprint density at radius 1 is 1.41 bits per heavy atom. The number of benzene rings is 1. The Morgan fingerprint density at radius 2 is 2.06 bits per heavy atom. The van der Waals surface area contributed by atoms with E-state index >= 15 is 0 Å². The lowest BCUT2D eigenvalue weighted by molar-refractivity contribution is 0.0853. The highest BCUT2D eigenvalue weighted by Crippen LogP contribution is 2.34. The number of hydrogen-bond acceptors (Lipinski definition) is 3. The van der Waals surface area contributed by atoms with Crippen LogP contribution in [0.5, 0.6) is 5.75 Å². The molecule has 2 atom stereocenters. The maximum atomic E-state index is 10.4. The Bertz CT molecular complexity index is 368. The standard InChI is InChI=1S/C13H20BrNO2/c1-8(2)11(7-15)13(16)10-6-9(17-3)4-5-12(10)14/h4-6,8,11,13,16H,7,15H2,1-3H3. The summed E-state index contributed by atoms with van der Waals surface area (Å²) in [5.41, 5.74) is 6.55. The van der Waals surface area contributed by atoms with Crippen LogP contribution < -0.4 is 10.5 Å². The average molecular weight is 302 g/mol. The number of halogens is 1. The zero-order valence-electron chi connectivity index (χ0n) is 10.5. The molecule has 0 spiro atoms. The molecule has 0 radical (unpaired) electrons. The number of methoxy groups -OCH3 is 1. The summed E-state index contributed by atoms with van der Waals surface area (Å²) >= 11 is 3.45. The Hall–Kier alpha value is -0.580. The van der Waals surface area contributed by atoms with Crippen LogP contribution >= 0.6 is 15.9 Å². The largest absolute Gasteiger partial charge is 0.497 e. The molecule has 0 aliphatic rings. The van der Waals surface area contributed by atoms with E-state index in [1.165, 1.54) is 0 Å². The lowest BCUT2D eigenvalue weighted by Crippen LogP contribution is -2.26. The fourth-order valence-corrected chi connectivity index (χ4v) is 2.35. The average Bonchev–Trinajstić information content (AvgIpc) is 2.30. The number of aliphatic hydroxyl groups excluding tert-OH is 1. The molecule has 3 nitrogen and oxygen atoms in total. The highest BCUT2D eigenvalue weighted by Gasteiger charge is 2.24. The highest BCUT2D eigenvalue weighted by molar-refractivity contribution is 9.10. The fourth-order valence-electron chi connectivity index (χ4n) is 1.87. The molecule has 0 aliphatic carbocycles. The summed E-state index contributed by atoms with van der Waals surface area (Å²) in [7, 11) is 1.61. The van der Waals surface area contributed by atoms with Crippen LogP contribution in [0, 0.1) is 11.8 Å². The number of ether oxygens (including phenoxy) is 1. The van der Waals surface area contributed by atoms with Crippen LogP contribution in [-0.2, 0) is 0 Å². The van der Waals surface area contributed by atoms with Gasteiger partial charge in [-0.15, -0.1) is 0 Å². The molecule has 0 bridgehead atoms. The SMILES string of the molecule is COc1ccc(Br)c(C(O)C(CN)C(C)C)c1. The topological polar surface area (TPSA) is 55.5 Å². The molecule has 0 aromatic heterocycles. The molecule has 1 rings (SSSR count). The van der Waals surface area contributed by atoms with Crippen molar-refractivity contribution in [2.24, 2.45) is 17.6 Å². The monoisotopic (exact) mass is 301 g/mol. The van der Waals surface area contributed by atoms with Gasteiger partial charge in [0.15, 0.2) is 0 Å². The van der Waals surface area contributed by atoms with Crippen LogP contribution in [-0.4, -0.2) is 18.8 Å². The minimum atomic E-state index is -0.579. The first-order valence-corrected chi connectivity index (χ1v) is 6.52. The Balaban J connectivity index is 3.05. The fraction of sp³-hybridized carbons (Fsp3) is 0.538. The predicted octanol–water partition coefficient (Wildman–Crippen LogP) is 2.72. The van der Waals surface area contributed by atoms with Gasteiger partial charge in [-0.25, -0.2) is 0 Å². The van der Waals surface area contributed by atoms with Crippen molar-refractivity contribution in [3.05, 3.63) is 28.2 Å². The Labute approximate surface area is 111 Å². The molecule has 1 aromatic rings. The Morgan fingerprint density at radius 3 is 2.53 bits per heavy atom. The number of nitrogens with two attached hydrogens (primary N) is 1. The smallest absolute Gasteiger partial charge is 0.119 e. The van der Waals surface area contributed by atoms with Gasteiger partial charge in [0.1, 0.15) is 5.75 Å². The summed E-state index contributed by atoms with van der Waals surface area (Å²) in [4.78, 5) is 0. The molecule has 0 aliphatic heterocycles. The van der Waals surface area contributed by atoms with Gasteiger partial charge in [0.05, 0.1) is 13.2 Å². The summed E-state index contributed by atoms with van der Waals surface area (Å²) in [5.74, 6) is 1.10. The van der Waals surface area contributed by atoms with Crippen LogP contribution in [0.4, 0.5) is 0 Å². The van der Waals surface area contributed by atoms with E-state index in [1.807, 2.05) is 18.2 Å². The van der Waals surface area contributed by atoms with Crippen molar-refractivity contribution in [2.75, 3.05) is 13.7 Å². The van der Waals surface area contributed by atoms with E-state index in [-0.39, 0.29) is 5.92 Å². The van der Waals surface area contributed by atoms with E-state index in [1.54, 1.807) is 7.11 Å². The minimum absolute atomic E-state index is 0.0402. The first-order chi connectivity index (χ1) is 8.01. The minimum Gasteiger partial charge on any atom is -0.497 e. The van der Waals surface area contributed by atoms with Gasteiger partial charge >= 0.3 is 0 Å². The van der Waals surface area contributed by atoms with Crippen LogP contribution in [0.25, 0.3) is 0 Å². The molecule has 17 heavy (non-hydrogen) atoms. The van der Waals surface area contributed by atoms with E-state index in [2.05, 4.69) is 29.8 Å². The second-order valence-corrected chi connectivity index (χ2v) is 5.33. The summed E-state index contributed by atoms with van der Waals surface area (Å²) in [6.45, 7) is 4.59. The van der Waals surface area contributed by atoms with Crippen molar-refractivity contribution in [2.45, 2.75) is 20.0 Å². The van der Waals surface area contributed by atoms with E-state index in [4.69, 9.17) is 10.5 Å². The van der Waals surface area contributed by atoms with Crippen LogP contribution in [0.3, 0.4) is 0 Å². The van der Waals surface area contributed by atoms with Crippen molar-refractivity contribution >= 4 is 15.9 Å². The maximum absolute atomic E-state index is 10.4. The van der Waals surface area contributed by atoms with E-state index in [0.717, 1.165) is 15.8 Å². The molecule has 0 saturated carbocycles. The summed E-state index contributed by atoms with van der Waals surface area (Å²) in [5, 5.41) is 10.4. The summed E-state index contributed by atoms with van der Waals surface area (Å²) in [6, 6.07) is 5.58. The van der Waals surface area contributed by atoms with Gasteiger partial charge in [0.25, 0.3) is 0 Å². The molecule has 4 heteroatoms. The van der Waals surface area contributed by atoms with Crippen molar-refractivity contribution in [3.8, 4) is 5.75 Å². The molecule has 0 fully saturated rings. The second kappa shape index (κ2) is 6.38. The quantitative estimate of drug-likeness (QED) is 0.879. The third-order valence-corrected chi connectivity index (χ3v) is 3.78. The van der Waals surface area contributed by atoms with E-state index in [0.29, 0.717) is 12.5 Å². The molecule has 1 aromatic carbocycles. The molecule has 0 amide bonds. The maximum Gasteiger partial charge on any atom is 0.119 e. The van der Waals surface area contributed by atoms with Gasteiger partial charge in [-0.3, -0.25) is 0 Å². The predicted molar refractivity (Wildman–Crippen MR) is 73.0 cm³/mol. The summed E-state index contributed by atoms with van der Waals surface area (Å²) in [6.07, 6.45) is -0.579. The Kier molecular flexibility index (Phi) is 5.43. The van der Waals surface area contributed by atoms with Gasteiger partial charge in [-0.2, -0.15) is 0 Å². The zero-order valence-corrected chi connectivity index (χ0v) is 12.1. The molecule has 3 N–H and O–H groups in total. The number of aliphatic hydroxyl groups is 1. The van der Waals surface area contributed by atoms with Gasteiger partial charge in [0, 0.05) is 10.4 Å². The van der Waals surface area contributed by atoms with Crippen LogP contribution in [0.1, 0.15) is 25.5 Å². The number of rotatable bonds is 5.